The number of aromatic hydroxyl groups is 1. The van der Waals surface area contributed by atoms with Crippen LogP contribution in [0.4, 0.5) is 0 Å². The van der Waals surface area contributed by atoms with Crippen LogP contribution in [0.15, 0.2) is 29.1 Å². The van der Waals surface area contributed by atoms with Crippen LogP contribution < -0.4 is 5.56 Å². The zero-order valence-corrected chi connectivity index (χ0v) is 19.5. The Morgan fingerprint density at radius 1 is 1.17 bits per heavy atom. The van der Waals surface area contributed by atoms with Crippen molar-refractivity contribution in [1.82, 2.24) is 14.5 Å². The summed E-state index contributed by atoms with van der Waals surface area (Å²) in [5, 5.41) is 22.8. The van der Waals surface area contributed by atoms with Gasteiger partial charge in [0.2, 0.25) is 0 Å². The number of carbonyl (C=O) groups is 1. The highest BCUT2D eigenvalue weighted by Gasteiger charge is 2.39. The zero-order valence-electron chi connectivity index (χ0n) is 19.5. The third kappa shape index (κ3) is 3.53. The molecule has 0 radical (unpaired) electrons. The minimum absolute atomic E-state index is 0.154. The standard InChI is InChI=1S/C26H27N3O6/c1-2-26(33)11-23(31)35-14-18-19(26)10-21-24-15(12-29(21)25(18)32)9-16-17(13-28-5-7-34-8-6-28)22(30)4-3-20(16)27-24/h3-4,9-10,30,33H,2,5-8,11-14H2,1H3. The van der Waals surface area contributed by atoms with E-state index in [1.54, 1.807) is 29.7 Å². The summed E-state index contributed by atoms with van der Waals surface area (Å²) in [7, 11) is 0. The van der Waals surface area contributed by atoms with Crippen molar-refractivity contribution in [3.63, 3.8) is 0 Å². The molecule has 9 heteroatoms. The maximum atomic E-state index is 13.5. The Hall–Kier alpha value is -3.27. The summed E-state index contributed by atoms with van der Waals surface area (Å²) in [6, 6.07) is 7.25. The van der Waals surface area contributed by atoms with E-state index in [-0.39, 0.29) is 30.8 Å². The van der Waals surface area contributed by atoms with Crippen LogP contribution in [0.5, 0.6) is 5.75 Å². The molecule has 1 fully saturated rings. The molecule has 3 aliphatic heterocycles. The Morgan fingerprint density at radius 2 is 1.97 bits per heavy atom. The molecule has 1 unspecified atom stereocenters. The number of benzene rings is 1. The summed E-state index contributed by atoms with van der Waals surface area (Å²) < 4.78 is 12.3. The fourth-order valence-electron chi connectivity index (χ4n) is 5.45. The molecule has 3 aliphatic rings. The summed E-state index contributed by atoms with van der Waals surface area (Å²) in [6.45, 7) is 5.47. The first-order valence-electron chi connectivity index (χ1n) is 12.0. The summed E-state index contributed by atoms with van der Waals surface area (Å²) in [5.41, 5.74) is 2.72. The van der Waals surface area contributed by atoms with Crippen molar-refractivity contribution < 1.29 is 24.5 Å². The van der Waals surface area contributed by atoms with Crippen molar-refractivity contribution in [3.05, 3.63) is 56.9 Å². The van der Waals surface area contributed by atoms with Crippen LogP contribution >= 0.6 is 0 Å². The normalized spacial score (nSPS) is 21.8. The molecule has 0 amide bonds. The number of phenolic OH excluding ortho intramolecular Hbond substituents is 1. The molecule has 1 atom stereocenters. The van der Waals surface area contributed by atoms with Gasteiger partial charge in [-0.3, -0.25) is 14.5 Å². The van der Waals surface area contributed by atoms with E-state index in [1.165, 1.54) is 0 Å². The van der Waals surface area contributed by atoms with E-state index in [0.29, 0.717) is 48.8 Å². The molecule has 0 spiro atoms. The number of aliphatic hydroxyl groups is 1. The van der Waals surface area contributed by atoms with Crippen molar-refractivity contribution in [2.45, 2.75) is 45.1 Å². The van der Waals surface area contributed by atoms with Crippen LogP contribution in [0.25, 0.3) is 22.3 Å². The molecule has 1 saturated heterocycles. The summed E-state index contributed by atoms with van der Waals surface area (Å²) in [4.78, 5) is 32.7. The molecule has 0 bridgehead atoms. The third-order valence-corrected chi connectivity index (χ3v) is 7.52. The average molecular weight is 478 g/mol. The topological polar surface area (TPSA) is 114 Å². The molecule has 5 heterocycles. The fraction of sp³-hybridized carbons (Fsp3) is 0.423. The first-order chi connectivity index (χ1) is 16.9. The van der Waals surface area contributed by atoms with E-state index in [4.69, 9.17) is 14.5 Å². The lowest BCUT2D eigenvalue weighted by Gasteiger charge is -2.27. The minimum atomic E-state index is -1.46. The predicted molar refractivity (Wildman–Crippen MR) is 127 cm³/mol. The first-order valence-corrected chi connectivity index (χ1v) is 12.0. The SMILES string of the molecule is CCC1(O)CC(=O)OCc2c1cc1n(c2=O)Cc2cc3c(CN4CCOCC4)c(O)ccc3nc2-1. The summed E-state index contributed by atoms with van der Waals surface area (Å²) in [6.07, 6.45) is 0.0851. The molecule has 35 heavy (non-hydrogen) atoms. The number of hydrogen-bond donors (Lipinski definition) is 2. The maximum absolute atomic E-state index is 13.5. The number of phenols is 1. The van der Waals surface area contributed by atoms with E-state index in [0.717, 1.165) is 35.1 Å². The highest BCUT2D eigenvalue weighted by atomic mass is 16.5. The van der Waals surface area contributed by atoms with Crippen molar-refractivity contribution in [3.8, 4) is 17.1 Å². The van der Waals surface area contributed by atoms with Gasteiger partial charge in [-0.15, -0.1) is 0 Å². The van der Waals surface area contributed by atoms with Gasteiger partial charge in [0.15, 0.2) is 0 Å². The Labute approximate surface area is 201 Å². The number of nitrogens with zero attached hydrogens (tertiary/aromatic N) is 3. The molecule has 6 rings (SSSR count). The van der Waals surface area contributed by atoms with Gasteiger partial charge >= 0.3 is 5.97 Å². The number of rotatable bonds is 3. The largest absolute Gasteiger partial charge is 0.508 e. The molecular weight excluding hydrogens is 450 g/mol. The molecule has 0 aliphatic carbocycles. The molecule has 9 nitrogen and oxygen atoms in total. The lowest BCUT2D eigenvalue weighted by atomic mass is 9.85. The van der Waals surface area contributed by atoms with Crippen LogP contribution in [-0.2, 0) is 39.6 Å². The Kier molecular flexibility index (Phi) is 5.17. The van der Waals surface area contributed by atoms with E-state index < -0.39 is 11.6 Å². The van der Waals surface area contributed by atoms with Crippen molar-refractivity contribution in [2.75, 3.05) is 26.3 Å². The Bertz CT molecular complexity index is 1430. The quantitative estimate of drug-likeness (QED) is 0.431. The predicted octanol–water partition coefficient (Wildman–Crippen LogP) is 2.01. The van der Waals surface area contributed by atoms with Gasteiger partial charge in [0.05, 0.1) is 48.6 Å². The van der Waals surface area contributed by atoms with Crippen molar-refractivity contribution in [2.24, 2.45) is 0 Å². The zero-order chi connectivity index (χ0) is 24.3. The Morgan fingerprint density at radius 3 is 2.74 bits per heavy atom. The molecular formula is C26H27N3O6. The van der Waals surface area contributed by atoms with Crippen molar-refractivity contribution >= 4 is 16.9 Å². The summed E-state index contributed by atoms with van der Waals surface area (Å²) in [5.74, 6) is -0.299. The van der Waals surface area contributed by atoms with E-state index in [9.17, 15) is 19.8 Å². The second-order valence-electron chi connectivity index (χ2n) is 9.55. The molecule has 2 aromatic heterocycles. The summed E-state index contributed by atoms with van der Waals surface area (Å²) >= 11 is 0. The maximum Gasteiger partial charge on any atom is 0.309 e. The van der Waals surface area contributed by atoms with Crippen LogP contribution in [0.1, 0.15) is 42.0 Å². The van der Waals surface area contributed by atoms with E-state index >= 15 is 0 Å². The van der Waals surface area contributed by atoms with Gasteiger partial charge in [-0.2, -0.15) is 0 Å². The molecule has 1 aromatic carbocycles. The lowest BCUT2D eigenvalue weighted by Crippen LogP contribution is -2.35. The molecule has 0 saturated carbocycles. The molecule has 182 valence electrons. The lowest BCUT2D eigenvalue weighted by molar-refractivity contribution is -0.149. The number of cyclic esters (lactones) is 1. The number of hydrogen-bond acceptors (Lipinski definition) is 8. The van der Waals surface area contributed by atoms with Crippen LogP contribution in [0, 0.1) is 0 Å². The second-order valence-corrected chi connectivity index (χ2v) is 9.55. The number of aromatic nitrogens is 2. The van der Waals surface area contributed by atoms with Gasteiger partial charge in [0.1, 0.15) is 18.0 Å². The van der Waals surface area contributed by atoms with Crippen LogP contribution in [-0.4, -0.2) is 56.9 Å². The fourth-order valence-corrected chi connectivity index (χ4v) is 5.45. The van der Waals surface area contributed by atoms with Crippen LogP contribution in [0.2, 0.25) is 0 Å². The van der Waals surface area contributed by atoms with Gasteiger partial charge in [-0.25, -0.2) is 4.98 Å². The second kappa shape index (κ2) is 8.15. The number of fused-ring (bicyclic) bond motifs is 5. The monoisotopic (exact) mass is 477 g/mol. The smallest absolute Gasteiger partial charge is 0.309 e. The van der Waals surface area contributed by atoms with Gasteiger partial charge < -0.3 is 24.3 Å². The number of morpholine rings is 1. The van der Waals surface area contributed by atoms with E-state index in [2.05, 4.69) is 4.90 Å². The first kappa shape index (κ1) is 22.2. The number of ether oxygens (including phenoxy) is 2. The van der Waals surface area contributed by atoms with Gasteiger partial charge in [0, 0.05) is 36.1 Å². The highest BCUT2D eigenvalue weighted by molar-refractivity contribution is 5.88. The van der Waals surface area contributed by atoms with Gasteiger partial charge in [0.25, 0.3) is 5.56 Å². The minimum Gasteiger partial charge on any atom is -0.508 e. The van der Waals surface area contributed by atoms with Gasteiger partial charge in [-0.05, 0) is 36.2 Å². The van der Waals surface area contributed by atoms with E-state index in [1.807, 2.05) is 6.07 Å². The number of pyridine rings is 2. The number of carbonyl (C=O) groups excluding carboxylic acids is 1. The third-order valence-electron chi connectivity index (χ3n) is 7.52. The molecule has 3 aromatic rings. The van der Waals surface area contributed by atoms with Gasteiger partial charge in [-0.1, -0.05) is 6.92 Å². The van der Waals surface area contributed by atoms with Crippen molar-refractivity contribution in [1.29, 1.82) is 0 Å². The average Bonchev–Trinajstić information content (AvgIpc) is 3.16. The highest BCUT2D eigenvalue weighted by Crippen LogP contribution is 2.40. The number of esters is 1. The Balaban J connectivity index is 1.49. The molecule has 2 N–H and O–H groups in total. The van der Waals surface area contributed by atoms with Crippen LogP contribution in [0.3, 0.4) is 0 Å².